The van der Waals surface area contributed by atoms with Crippen molar-refractivity contribution in [2.75, 3.05) is 25.2 Å². The average molecular weight is 241 g/mol. The number of ether oxygens (including phenoxy) is 1. The molecule has 0 aromatic carbocycles. The van der Waals surface area contributed by atoms with E-state index >= 15 is 0 Å². The molecule has 0 radical (unpaired) electrons. The van der Waals surface area contributed by atoms with Crippen LogP contribution in [0.5, 0.6) is 0 Å². The van der Waals surface area contributed by atoms with Crippen LogP contribution in [0, 0.1) is 0 Å². The summed E-state index contributed by atoms with van der Waals surface area (Å²) >= 11 is 1.96. The first-order chi connectivity index (χ1) is 7.86. The number of hydrogen-bond donors (Lipinski definition) is 1. The van der Waals surface area contributed by atoms with Crippen molar-refractivity contribution in [3.05, 3.63) is 18.0 Å². The normalized spacial score (nSPS) is 23.2. The van der Waals surface area contributed by atoms with Crippen LogP contribution in [0.2, 0.25) is 0 Å². The van der Waals surface area contributed by atoms with Gasteiger partial charge in [-0.2, -0.15) is 16.9 Å². The molecular formula is C11H19N3OS. The van der Waals surface area contributed by atoms with Gasteiger partial charge in [0.25, 0.3) is 0 Å². The highest BCUT2D eigenvalue weighted by atomic mass is 32.2. The molecule has 90 valence electrons. The van der Waals surface area contributed by atoms with Crippen molar-refractivity contribution in [3.63, 3.8) is 0 Å². The Morgan fingerprint density at radius 3 is 3.25 bits per heavy atom. The van der Waals surface area contributed by atoms with Gasteiger partial charge in [-0.1, -0.05) is 0 Å². The molecule has 1 saturated heterocycles. The number of nitrogens with one attached hydrogen (secondary N) is 1. The molecule has 0 saturated carbocycles. The van der Waals surface area contributed by atoms with E-state index in [2.05, 4.69) is 23.4 Å². The lowest BCUT2D eigenvalue weighted by molar-refractivity contribution is 0.0465. The summed E-state index contributed by atoms with van der Waals surface area (Å²) in [5.41, 5.74) is 1.22. The first-order valence-corrected chi connectivity index (χ1v) is 6.90. The highest BCUT2D eigenvalue weighted by Gasteiger charge is 2.27. The summed E-state index contributed by atoms with van der Waals surface area (Å²) in [4.78, 5) is 0. The largest absolute Gasteiger partial charge is 0.374 e. The monoisotopic (exact) mass is 241 g/mol. The standard InChI is InChI=1S/C11H19N3OS/c1-3-14-9(4-5-13-14)11(12-2)10-8-16-7-6-15-10/h4-5,10-12H,3,6-8H2,1-2H3. The van der Waals surface area contributed by atoms with Gasteiger partial charge in [0, 0.05) is 24.2 Å². The van der Waals surface area contributed by atoms with Crippen molar-refractivity contribution >= 4 is 11.8 Å². The van der Waals surface area contributed by atoms with Gasteiger partial charge in [0.05, 0.1) is 24.4 Å². The third kappa shape index (κ3) is 2.42. The first kappa shape index (κ1) is 12.0. The minimum atomic E-state index is 0.246. The zero-order valence-electron chi connectivity index (χ0n) is 9.85. The fraction of sp³-hybridized carbons (Fsp3) is 0.727. The van der Waals surface area contributed by atoms with E-state index < -0.39 is 0 Å². The predicted octanol–water partition coefficient (Wildman–Crippen LogP) is 1.30. The molecule has 0 amide bonds. The minimum Gasteiger partial charge on any atom is -0.374 e. The van der Waals surface area contributed by atoms with Gasteiger partial charge in [0.2, 0.25) is 0 Å². The summed E-state index contributed by atoms with van der Waals surface area (Å²) in [7, 11) is 1.99. The molecule has 1 aliphatic heterocycles. The maximum Gasteiger partial charge on any atom is 0.0875 e. The molecule has 16 heavy (non-hydrogen) atoms. The van der Waals surface area contributed by atoms with Crippen LogP contribution in [0.25, 0.3) is 0 Å². The zero-order valence-corrected chi connectivity index (χ0v) is 10.7. The number of aromatic nitrogens is 2. The highest BCUT2D eigenvalue weighted by Crippen LogP contribution is 2.25. The average Bonchev–Trinajstić information content (AvgIpc) is 2.80. The van der Waals surface area contributed by atoms with Gasteiger partial charge in [-0.3, -0.25) is 4.68 Å². The second-order valence-electron chi connectivity index (χ2n) is 3.82. The summed E-state index contributed by atoms with van der Waals surface area (Å²) in [5, 5.41) is 7.66. The summed E-state index contributed by atoms with van der Waals surface area (Å²) in [5.74, 6) is 2.17. The summed E-state index contributed by atoms with van der Waals surface area (Å²) in [6, 6.07) is 2.32. The van der Waals surface area contributed by atoms with Crippen LogP contribution >= 0.6 is 11.8 Å². The fourth-order valence-corrected chi connectivity index (χ4v) is 3.00. The summed E-state index contributed by atoms with van der Waals surface area (Å²) in [6.07, 6.45) is 2.12. The van der Waals surface area contributed by atoms with Crippen LogP contribution in [0.15, 0.2) is 12.3 Å². The molecule has 2 unspecified atom stereocenters. The van der Waals surface area contributed by atoms with Crippen molar-refractivity contribution in [1.82, 2.24) is 15.1 Å². The number of aryl methyl sites for hydroxylation is 1. The molecule has 0 aliphatic carbocycles. The van der Waals surface area contributed by atoms with Crippen LogP contribution in [0.4, 0.5) is 0 Å². The molecule has 2 atom stereocenters. The lowest BCUT2D eigenvalue weighted by atomic mass is 10.1. The van der Waals surface area contributed by atoms with Crippen molar-refractivity contribution in [3.8, 4) is 0 Å². The molecule has 1 aromatic rings. The van der Waals surface area contributed by atoms with Gasteiger partial charge in [-0.15, -0.1) is 0 Å². The Bertz CT molecular complexity index is 323. The summed E-state index contributed by atoms with van der Waals surface area (Å²) < 4.78 is 7.86. The van der Waals surface area contributed by atoms with Crippen molar-refractivity contribution < 1.29 is 4.74 Å². The van der Waals surface area contributed by atoms with Gasteiger partial charge in [-0.25, -0.2) is 0 Å². The molecule has 5 heteroatoms. The molecular weight excluding hydrogens is 222 g/mol. The van der Waals surface area contributed by atoms with E-state index in [1.165, 1.54) is 5.69 Å². The maximum absolute atomic E-state index is 5.83. The van der Waals surface area contributed by atoms with Crippen LogP contribution < -0.4 is 5.32 Å². The minimum absolute atomic E-state index is 0.246. The van der Waals surface area contributed by atoms with E-state index in [9.17, 15) is 0 Å². The van der Waals surface area contributed by atoms with E-state index in [0.29, 0.717) is 0 Å². The first-order valence-electron chi connectivity index (χ1n) is 5.75. The molecule has 0 spiro atoms. The predicted molar refractivity (Wildman–Crippen MR) is 66.8 cm³/mol. The van der Waals surface area contributed by atoms with E-state index in [-0.39, 0.29) is 12.1 Å². The Balaban J connectivity index is 2.14. The molecule has 0 bridgehead atoms. The molecule has 1 fully saturated rings. The third-order valence-corrected chi connectivity index (χ3v) is 3.91. The molecule has 1 aromatic heterocycles. The zero-order chi connectivity index (χ0) is 11.4. The second-order valence-corrected chi connectivity index (χ2v) is 4.97. The highest BCUT2D eigenvalue weighted by molar-refractivity contribution is 7.99. The third-order valence-electron chi connectivity index (χ3n) is 2.89. The molecule has 1 aliphatic rings. The topological polar surface area (TPSA) is 39.1 Å². The van der Waals surface area contributed by atoms with Gasteiger partial charge < -0.3 is 10.1 Å². The Morgan fingerprint density at radius 2 is 2.62 bits per heavy atom. The van der Waals surface area contributed by atoms with E-state index in [1.54, 1.807) is 0 Å². The number of hydrogen-bond acceptors (Lipinski definition) is 4. The lowest BCUT2D eigenvalue weighted by Gasteiger charge is -2.30. The molecule has 1 N–H and O–H groups in total. The van der Waals surface area contributed by atoms with Gasteiger partial charge in [0.15, 0.2) is 0 Å². The molecule has 2 rings (SSSR count). The number of rotatable bonds is 4. The van der Waals surface area contributed by atoms with Crippen LogP contribution in [0.3, 0.4) is 0 Å². The quantitative estimate of drug-likeness (QED) is 0.862. The molecule has 2 heterocycles. The number of thioether (sulfide) groups is 1. The Hall–Kier alpha value is -0.520. The van der Waals surface area contributed by atoms with E-state index in [1.807, 2.05) is 29.7 Å². The summed E-state index contributed by atoms with van der Waals surface area (Å²) in [6.45, 7) is 3.87. The van der Waals surface area contributed by atoms with Gasteiger partial charge >= 0.3 is 0 Å². The number of likely N-dealkylation sites (N-methyl/N-ethyl adjacent to an activating group) is 1. The SMILES string of the molecule is CCn1nccc1C(NC)C1CSCCO1. The maximum atomic E-state index is 5.83. The smallest absolute Gasteiger partial charge is 0.0875 e. The second kappa shape index (κ2) is 5.70. The van der Waals surface area contributed by atoms with Crippen molar-refractivity contribution in [2.24, 2.45) is 0 Å². The Labute approximate surface area is 101 Å². The van der Waals surface area contributed by atoms with Crippen LogP contribution in [-0.2, 0) is 11.3 Å². The van der Waals surface area contributed by atoms with Crippen molar-refractivity contribution in [2.45, 2.75) is 25.6 Å². The Kier molecular flexibility index (Phi) is 4.26. The lowest BCUT2D eigenvalue weighted by Crippen LogP contribution is -2.37. The Morgan fingerprint density at radius 1 is 1.75 bits per heavy atom. The number of nitrogens with zero attached hydrogens (tertiary/aromatic N) is 2. The van der Waals surface area contributed by atoms with Gasteiger partial charge in [-0.05, 0) is 20.0 Å². The van der Waals surface area contributed by atoms with Gasteiger partial charge in [0.1, 0.15) is 0 Å². The van der Waals surface area contributed by atoms with E-state index in [0.717, 1.165) is 24.7 Å². The molecule has 4 nitrogen and oxygen atoms in total. The van der Waals surface area contributed by atoms with Crippen LogP contribution in [0.1, 0.15) is 18.7 Å². The fourth-order valence-electron chi connectivity index (χ4n) is 2.09. The van der Waals surface area contributed by atoms with Crippen LogP contribution in [-0.4, -0.2) is 41.0 Å². The van der Waals surface area contributed by atoms with E-state index in [4.69, 9.17) is 4.74 Å². The van der Waals surface area contributed by atoms with Crippen molar-refractivity contribution in [1.29, 1.82) is 0 Å².